The summed E-state index contributed by atoms with van der Waals surface area (Å²) < 4.78 is 35.3. The average Bonchev–Trinajstić information content (AvgIpc) is 3.14. The molecule has 6 nitrogen and oxygen atoms in total. The summed E-state index contributed by atoms with van der Waals surface area (Å²) in [6, 6.07) is 18.4. The first kappa shape index (κ1) is 19.0. The Balaban J connectivity index is 1.68. The fourth-order valence-corrected chi connectivity index (χ4v) is 4.44. The predicted molar refractivity (Wildman–Crippen MR) is 115 cm³/mol. The second kappa shape index (κ2) is 7.60. The number of methoxy groups -OCH3 is 1. The molecule has 0 saturated heterocycles. The lowest BCUT2D eigenvalue weighted by molar-refractivity contribution is 0.417. The SMILES string of the molecule is COc1ccc(-c2cn3cccc(C)c3n2)cc1NS(=O)(=O)Cc1ccccc1. The normalized spacial score (nSPS) is 11.5. The zero-order chi connectivity index (χ0) is 20.4. The Bertz CT molecular complexity index is 1270. The van der Waals surface area contributed by atoms with Gasteiger partial charge >= 0.3 is 0 Å². The maximum atomic E-state index is 12.7. The molecule has 4 rings (SSSR count). The van der Waals surface area contributed by atoms with Crippen LogP contribution >= 0.6 is 0 Å². The first-order valence-electron chi connectivity index (χ1n) is 9.12. The van der Waals surface area contributed by atoms with E-state index in [2.05, 4.69) is 9.71 Å². The molecule has 29 heavy (non-hydrogen) atoms. The van der Waals surface area contributed by atoms with Crippen LogP contribution in [0.4, 0.5) is 5.69 Å². The number of aryl methyl sites for hydroxylation is 1. The zero-order valence-electron chi connectivity index (χ0n) is 16.2. The minimum absolute atomic E-state index is 0.116. The van der Waals surface area contributed by atoms with E-state index in [4.69, 9.17) is 4.74 Å². The van der Waals surface area contributed by atoms with E-state index in [0.717, 1.165) is 22.5 Å². The van der Waals surface area contributed by atoms with E-state index in [1.165, 1.54) is 7.11 Å². The Morgan fingerprint density at radius 1 is 1.07 bits per heavy atom. The largest absolute Gasteiger partial charge is 0.495 e. The van der Waals surface area contributed by atoms with Crippen LogP contribution in [0.1, 0.15) is 11.1 Å². The van der Waals surface area contributed by atoms with E-state index in [-0.39, 0.29) is 5.75 Å². The van der Waals surface area contributed by atoms with Crippen LogP contribution in [-0.4, -0.2) is 24.9 Å². The summed E-state index contributed by atoms with van der Waals surface area (Å²) in [6.45, 7) is 2.00. The Labute approximate surface area is 169 Å². The highest BCUT2D eigenvalue weighted by Gasteiger charge is 2.16. The number of fused-ring (bicyclic) bond motifs is 1. The quantitative estimate of drug-likeness (QED) is 0.518. The molecule has 0 radical (unpaired) electrons. The second-order valence-corrected chi connectivity index (χ2v) is 8.53. The Hall–Kier alpha value is -3.32. The Morgan fingerprint density at radius 2 is 1.86 bits per heavy atom. The summed E-state index contributed by atoms with van der Waals surface area (Å²) in [7, 11) is -2.09. The summed E-state index contributed by atoms with van der Waals surface area (Å²) in [5.74, 6) is 0.333. The monoisotopic (exact) mass is 407 g/mol. The molecule has 2 aromatic heterocycles. The van der Waals surface area contributed by atoms with Crippen molar-refractivity contribution < 1.29 is 13.2 Å². The van der Waals surface area contributed by atoms with Crippen LogP contribution in [0.3, 0.4) is 0 Å². The van der Waals surface area contributed by atoms with Gasteiger partial charge in [-0.2, -0.15) is 0 Å². The number of pyridine rings is 1. The van der Waals surface area contributed by atoms with E-state index in [9.17, 15) is 8.42 Å². The van der Waals surface area contributed by atoms with E-state index in [0.29, 0.717) is 17.0 Å². The maximum Gasteiger partial charge on any atom is 0.237 e. The number of hydrogen-bond donors (Lipinski definition) is 1. The van der Waals surface area contributed by atoms with Crippen molar-refractivity contribution in [3.05, 3.63) is 84.2 Å². The number of nitrogens with one attached hydrogen (secondary N) is 1. The zero-order valence-corrected chi connectivity index (χ0v) is 17.0. The van der Waals surface area contributed by atoms with Gasteiger partial charge in [-0.25, -0.2) is 13.4 Å². The average molecular weight is 407 g/mol. The number of sulfonamides is 1. The number of rotatable bonds is 6. The smallest absolute Gasteiger partial charge is 0.237 e. The molecule has 0 amide bonds. The summed E-state index contributed by atoms with van der Waals surface area (Å²) in [6.07, 6.45) is 3.86. The van der Waals surface area contributed by atoms with Gasteiger partial charge in [0.15, 0.2) is 0 Å². The van der Waals surface area contributed by atoms with Gasteiger partial charge in [0.25, 0.3) is 0 Å². The fraction of sp³-hybridized carbons (Fsp3) is 0.136. The molecule has 148 valence electrons. The Morgan fingerprint density at radius 3 is 2.59 bits per heavy atom. The summed E-state index contributed by atoms with van der Waals surface area (Å²) in [4.78, 5) is 4.69. The van der Waals surface area contributed by atoms with Crippen molar-refractivity contribution in [2.45, 2.75) is 12.7 Å². The summed E-state index contributed by atoms with van der Waals surface area (Å²) in [5, 5.41) is 0. The number of ether oxygens (including phenoxy) is 1. The molecule has 0 bridgehead atoms. The molecule has 0 unspecified atom stereocenters. The highest BCUT2D eigenvalue weighted by molar-refractivity contribution is 7.91. The van der Waals surface area contributed by atoms with Gasteiger partial charge in [0.1, 0.15) is 11.4 Å². The van der Waals surface area contributed by atoms with Crippen LogP contribution in [0, 0.1) is 6.92 Å². The molecule has 2 aromatic carbocycles. The number of nitrogens with zero attached hydrogens (tertiary/aromatic N) is 2. The van der Waals surface area contributed by atoms with E-state index in [1.54, 1.807) is 24.3 Å². The van der Waals surface area contributed by atoms with Crippen molar-refractivity contribution in [2.75, 3.05) is 11.8 Å². The lowest BCUT2D eigenvalue weighted by Crippen LogP contribution is -2.15. The summed E-state index contributed by atoms with van der Waals surface area (Å²) >= 11 is 0. The summed E-state index contributed by atoms with van der Waals surface area (Å²) in [5.41, 5.74) is 4.58. The third-order valence-corrected chi connectivity index (χ3v) is 5.88. The van der Waals surface area contributed by atoms with E-state index in [1.807, 2.05) is 60.1 Å². The van der Waals surface area contributed by atoms with Gasteiger partial charge in [0.2, 0.25) is 10.0 Å². The number of imidazole rings is 1. The molecular formula is C22H21N3O3S. The lowest BCUT2D eigenvalue weighted by atomic mass is 10.1. The highest BCUT2D eigenvalue weighted by Crippen LogP contribution is 2.31. The van der Waals surface area contributed by atoms with Crippen LogP contribution in [0.15, 0.2) is 73.1 Å². The number of aromatic nitrogens is 2. The van der Waals surface area contributed by atoms with Crippen LogP contribution < -0.4 is 9.46 Å². The molecule has 2 heterocycles. The molecule has 0 aliphatic carbocycles. The first-order chi connectivity index (χ1) is 13.9. The van der Waals surface area contributed by atoms with Gasteiger partial charge in [-0.15, -0.1) is 0 Å². The fourth-order valence-electron chi connectivity index (χ4n) is 3.24. The lowest BCUT2D eigenvalue weighted by Gasteiger charge is -2.13. The number of hydrogen-bond acceptors (Lipinski definition) is 4. The minimum atomic E-state index is -3.61. The van der Waals surface area contributed by atoms with E-state index >= 15 is 0 Å². The molecule has 0 aliphatic heterocycles. The van der Waals surface area contributed by atoms with Crippen molar-refractivity contribution >= 4 is 21.4 Å². The second-order valence-electron chi connectivity index (χ2n) is 6.81. The van der Waals surface area contributed by atoms with Crippen molar-refractivity contribution in [1.29, 1.82) is 0 Å². The molecule has 0 spiro atoms. The number of benzene rings is 2. The first-order valence-corrected chi connectivity index (χ1v) is 10.8. The molecule has 0 saturated carbocycles. The Kier molecular flexibility index (Phi) is 4.98. The van der Waals surface area contributed by atoms with Crippen LogP contribution in [0.5, 0.6) is 5.75 Å². The molecule has 1 N–H and O–H groups in total. The van der Waals surface area contributed by atoms with Gasteiger partial charge in [-0.1, -0.05) is 36.4 Å². The van der Waals surface area contributed by atoms with Crippen molar-refractivity contribution in [2.24, 2.45) is 0 Å². The number of anilines is 1. The molecule has 0 aliphatic rings. The van der Waals surface area contributed by atoms with Gasteiger partial charge in [0.05, 0.1) is 24.2 Å². The van der Waals surface area contributed by atoms with Crippen LogP contribution in [-0.2, 0) is 15.8 Å². The van der Waals surface area contributed by atoms with Crippen molar-refractivity contribution in [3.63, 3.8) is 0 Å². The minimum Gasteiger partial charge on any atom is -0.495 e. The third-order valence-electron chi connectivity index (χ3n) is 4.64. The predicted octanol–water partition coefficient (Wildman–Crippen LogP) is 4.26. The van der Waals surface area contributed by atoms with Crippen molar-refractivity contribution in [3.8, 4) is 17.0 Å². The molecule has 0 fully saturated rings. The van der Waals surface area contributed by atoms with Crippen molar-refractivity contribution in [1.82, 2.24) is 9.38 Å². The van der Waals surface area contributed by atoms with Gasteiger partial charge in [-0.05, 0) is 42.3 Å². The molecule has 7 heteroatoms. The van der Waals surface area contributed by atoms with Crippen LogP contribution in [0.2, 0.25) is 0 Å². The van der Waals surface area contributed by atoms with Crippen LogP contribution in [0.25, 0.3) is 16.9 Å². The third kappa shape index (κ3) is 4.09. The highest BCUT2D eigenvalue weighted by atomic mass is 32.2. The molecule has 4 aromatic rings. The van der Waals surface area contributed by atoms with Gasteiger partial charge in [-0.3, -0.25) is 4.72 Å². The van der Waals surface area contributed by atoms with Gasteiger partial charge in [0, 0.05) is 18.0 Å². The van der Waals surface area contributed by atoms with E-state index < -0.39 is 10.0 Å². The molecular weight excluding hydrogens is 386 g/mol. The topological polar surface area (TPSA) is 72.7 Å². The molecule has 0 atom stereocenters. The van der Waals surface area contributed by atoms with Gasteiger partial charge < -0.3 is 9.14 Å². The standard InChI is InChI=1S/C22H21N3O3S/c1-16-7-6-12-25-14-20(23-22(16)25)18-10-11-21(28-2)19(13-18)24-29(26,27)15-17-8-4-3-5-9-17/h3-14,24H,15H2,1-2H3. The maximum absolute atomic E-state index is 12.7.